The molecule has 0 radical (unpaired) electrons. The Hall–Kier alpha value is -2.65. The van der Waals surface area contributed by atoms with Crippen LogP contribution in [0.4, 0.5) is 0 Å². The Kier molecular flexibility index (Phi) is 3.90. The summed E-state index contributed by atoms with van der Waals surface area (Å²) in [6.07, 6.45) is 2.04. The minimum absolute atomic E-state index is 0. The number of nitrogens with zero attached hydrogens (tertiary/aromatic N) is 2. The van der Waals surface area contributed by atoms with Crippen molar-refractivity contribution >= 4 is 10.9 Å². The SMILES string of the molecule is [Cl-].c1ccc(-c2cc(-[n+]3cccc4ccccc43)n[nH]2)cc1. The van der Waals surface area contributed by atoms with Crippen LogP contribution in [0.2, 0.25) is 0 Å². The van der Waals surface area contributed by atoms with Gasteiger partial charge in [0.25, 0.3) is 0 Å². The summed E-state index contributed by atoms with van der Waals surface area (Å²) in [5, 5.41) is 8.76. The lowest BCUT2D eigenvalue weighted by Crippen LogP contribution is -3.00. The zero-order chi connectivity index (χ0) is 14.1. The van der Waals surface area contributed by atoms with Crippen LogP contribution in [-0.2, 0) is 0 Å². The first-order valence-electron chi connectivity index (χ1n) is 6.92. The van der Waals surface area contributed by atoms with Crippen molar-refractivity contribution in [1.82, 2.24) is 10.2 Å². The molecular formula is C18H14ClN3. The first kappa shape index (κ1) is 14.3. The Morgan fingerprint density at radius 2 is 1.55 bits per heavy atom. The van der Waals surface area contributed by atoms with Crippen LogP contribution >= 0.6 is 0 Å². The molecule has 0 fully saturated rings. The van der Waals surface area contributed by atoms with Crippen LogP contribution in [0.5, 0.6) is 0 Å². The summed E-state index contributed by atoms with van der Waals surface area (Å²) in [4.78, 5) is 0. The van der Waals surface area contributed by atoms with Gasteiger partial charge in [0.1, 0.15) is 5.52 Å². The molecule has 0 aliphatic carbocycles. The Labute approximate surface area is 134 Å². The van der Waals surface area contributed by atoms with E-state index in [9.17, 15) is 0 Å². The third kappa shape index (κ3) is 2.47. The number of aromatic amines is 1. The van der Waals surface area contributed by atoms with Crippen LogP contribution in [0.15, 0.2) is 79.0 Å². The number of nitrogens with one attached hydrogen (secondary N) is 1. The molecule has 108 valence electrons. The highest BCUT2D eigenvalue weighted by atomic mass is 35.5. The van der Waals surface area contributed by atoms with E-state index in [2.05, 4.69) is 51.2 Å². The molecule has 2 aromatic heterocycles. The summed E-state index contributed by atoms with van der Waals surface area (Å²) >= 11 is 0. The van der Waals surface area contributed by atoms with Gasteiger partial charge in [0.05, 0.1) is 23.1 Å². The normalized spacial score (nSPS) is 10.4. The maximum atomic E-state index is 4.45. The highest BCUT2D eigenvalue weighted by molar-refractivity contribution is 5.75. The molecule has 2 aromatic carbocycles. The Morgan fingerprint density at radius 3 is 2.41 bits per heavy atom. The molecule has 0 saturated heterocycles. The van der Waals surface area contributed by atoms with Crippen LogP contribution in [0.3, 0.4) is 0 Å². The molecule has 0 unspecified atom stereocenters. The minimum Gasteiger partial charge on any atom is -1.00 e. The van der Waals surface area contributed by atoms with Crippen molar-refractivity contribution < 1.29 is 17.0 Å². The second-order valence-corrected chi connectivity index (χ2v) is 4.94. The third-order valence-corrected chi connectivity index (χ3v) is 3.60. The van der Waals surface area contributed by atoms with Crippen LogP contribution < -0.4 is 17.0 Å². The molecule has 0 bridgehead atoms. The lowest BCUT2D eigenvalue weighted by Gasteiger charge is -1.99. The van der Waals surface area contributed by atoms with Crippen LogP contribution in [0.1, 0.15) is 0 Å². The smallest absolute Gasteiger partial charge is 0.355 e. The fraction of sp³-hybridized carbons (Fsp3) is 0. The largest absolute Gasteiger partial charge is 1.00 e. The van der Waals surface area contributed by atoms with Gasteiger partial charge in [-0.25, -0.2) is 0 Å². The number of H-pyrrole nitrogens is 1. The van der Waals surface area contributed by atoms with Crippen molar-refractivity contribution in [1.29, 1.82) is 0 Å². The van der Waals surface area contributed by atoms with Crippen LogP contribution in [0, 0.1) is 0 Å². The molecule has 0 spiro atoms. The first-order valence-corrected chi connectivity index (χ1v) is 6.92. The molecule has 4 rings (SSSR count). The molecule has 0 atom stereocenters. The van der Waals surface area contributed by atoms with Gasteiger partial charge >= 0.3 is 5.82 Å². The van der Waals surface area contributed by atoms with Crippen LogP contribution in [0.25, 0.3) is 28.0 Å². The van der Waals surface area contributed by atoms with Gasteiger partial charge < -0.3 is 12.4 Å². The molecule has 3 nitrogen and oxygen atoms in total. The number of pyridine rings is 1. The Morgan fingerprint density at radius 1 is 0.818 bits per heavy atom. The summed E-state index contributed by atoms with van der Waals surface area (Å²) in [5.41, 5.74) is 3.30. The second-order valence-electron chi connectivity index (χ2n) is 4.94. The van der Waals surface area contributed by atoms with E-state index >= 15 is 0 Å². The van der Waals surface area contributed by atoms with Gasteiger partial charge in [-0.05, 0) is 18.2 Å². The predicted octanol–water partition coefficient (Wildman–Crippen LogP) is 0.511. The van der Waals surface area contributed by atoms with E-state index in [1.54, 1.807) is 0 Å². The fourth-order valence-corrected chi connectivity index (χ4v) is 2.56. The maximum Gasteiger partial charge on any atom is 0.355 e. The molecule has 2 heterocycles. The average molecular weight is 308 g/mol. The number of fused-ring (bicyclic) bond motifs is 1. The van der Waals surface area contributed by atoms with E-state index in [-0.39, 0.29) is 12.4 Å². The number of para-hydroxylation sites is 1. The third-order valence-electron chi connectivity index (χ3n) is 3.60. The predicted molar refractivity (Wildman–Crippen MR) is 83.1 cm³/mol. The molecular weight excluding hydrogens is 294 g/mol. The van der Waals surface area contributed by atoms with Crippen molar-refractivity contribution in [3.63, 3.8) is 0 Å². The quantitative estimate of drug-likeness (QED) is 0.538. The zero-order valence-corrected chi connectivity index (χ0v) is 12.5. The number of hydrogen-bond donors (Lipinski definition) is 1. The summed E-state index contributed by atoms with van der Waals surface area (Å²) in [6.45, 7) is 0. The summed E-state index contributed by atoms with van der Waals surface area (Å²) in [6, 6.07) is 24.7. The number of hydrogen-bond acceptors (Lipinski definition) is 1. The molecule has 0 saturated carbocycles. The van der Waals surface area contributed by atoms with E-state index in [1.165, 1.54) is 5.39 Å². The molecule has 4 heteroatoms. The lowest BCUT2D eigenvalue weighted by molar-refractivity contribution is -0.571. The number of aromatic nitrogens is 3. The van der Waals surface area contributed by atoms with E-state index in [0.29, 0.717) is 0 Å². The zero-order valence-electron chi connectivity index (χ0n) is 11.8. The minimum atomic E-state index is 0. The fourth-order valence-electron chi connectivity index (χ4n) is 2.56. The van der Waals surface area contributed by atoms with Gasteiger partial charge in [-0.1, -0.05) is 48.5 Å². The second kappa shape index (κ2) is 6.00. The highest BCUT2D eigenvalue weighted by Gasteiger charge is 2.15. The van der Waals surface area contributed by atoms with Gasteiger partial charge in [-0.15, -0.1) is 0 Å². The van der Waals surface area contributed by atoms with E-state index in [1.807, 2.05) is 42.6 Å². The van der Waals surface area contributed by atoms with Crippen molar-refractivity contribution in [3.8, 4) is 17.1 Å². The van der Waals surface area contributed by atoms with Crippen LogP contribution in [-0.4, -0.2) is 10.2 Å². The standard InChI is InChI=1S/C18H14N3.ClH/c1-2-7-14(8-3-1)16-13-18(20-19-16)21-12-6-10-15-9-4-5-11-17(15)21;/h1-13H,(H,19,20);1H/q+1;/p-1. The average Bonchev–Trinajstić information content (AvgIpc) is 3.05. The monoisotopic (exact) mass is 307 g/mol. The molecule has 0 aliphatic rings. The molecule has 4 aromatic rings. The summed E-state index contributed by atoms with van der Waals surface area (Å²) in [7, 11) is 0. The molecule has 0 amide bonds. The molecule has 1 N–H and O–H groups in total. The lowest BCUT2D eigenvalue weighted by atomic mass is 10.1. The van der Waals surface area contributed by atoms with Crippen molar-refractivity contribution in [2.75, 3.05) is 0 Å². The topological polar surface area (TPSA) is 32.6 Å². The molecule has 0 aliphatic heterocycles. The Balaban J connectivity index is 0.00000144. The number of halogens is 1. The van der Waals surface area contributed by atoms with Crippen molar-refractivity contribution in [3.05, 3.63) is 79.0 Å². The Bertz CT molecular complexity index is 895. The number of rotatable bonds is 2. The van der Waals surface area contributed by atoms with E-state index < -0.39 is 0 Å². The van der Waals surface area contributed by atoms with Gasteiger partial charge in [0.2, 0.25) is 0 Å². The van der Waals surface area contributed by atoms with Gasteiger partial charge in [-0.2, -0.15) is 9.67 Å². The van der Waals surface area contributed by atoms with Gasteiger partial charge in [0.15, 0.2) is 0 Å². The molecule has 22 heavy (non-hydrogen) atoms. The van der Waals surface area contributed by atoms with Gasteiger partial charge in [0, 0.05) is 10.9 Å². The van der Waals surface area contributed by atoms with Crippen molar-refractivity contribution in [2.45, 2.75) is 0 Å². The van der Waals surface area contributed by atoms with E-state index in [0.717, 1.165) is 22.6 Å². The maximum absolute atomic E-state index is 4.45. The van der Waals surface area contributed by atoms with E-state index in [4.69, 9.17) is 0 Å². The summed E-state index contributed by atoms with van der Waals surface area (Å²) < 4.78 is 2.10. The summed E-state index contributed by atoms with van der Waals surface area (Å²) in [5.74, 6) is 0.894. The van der Waals surface area contributed by atoms with Crippen molar-refractivity contribution in [2.24, 2.45) is 0 Å². The highest BCUT2D eigenvalue weighted by Crippen LogP contribution is 2.18. The van der Waals surface area contributed by atoms with Gasteiger partial charge in [-0.3, -0.25) is 0 Å². The first-order chi connectivity index (χ1) is 10.4. The number of benzene rings is 2.